The van der Waals surface area contributed by atoms with Crippen molar-refractivity contribution in [3.63, 3.8) is 0 Å². The predicted molar refractivity (Wildman–Crippen MR) is 90.2 cm³/mol. The van der Waals surface area contributed by atoms with Gasteiger partial charge in [0.05, 0.1) is 24.3 Å². The van der Waals surface area contributed by atoms with Gasteiger partial charge in [0.25, 0.3) is 0 Å². The maximum atomic E-state index is 12.4. The Morgan fingerprint density at radius 1 is 1.29 bits per heavy atom. The van der Waals surface area contributed by atoms with Gasteiger partial charge in [-0.15, -0.1) is 0 Å². The number of aromatic hydroxyl groups is 1. The highest BCUT2D eigenvalue weighted by atomic mass is 35.5. The van der Waals surface area contributed by atoms with E-state index < -0.39 is 0 Å². The number of Topliss-reactive ketones (excluding diaryl/α,β-unsaturated/α-hetero) is 1. The molecule has 0 fully saturated rings. The van der Waals surface area contributed by atoms with Crippen LogP contribution in [-0.4, -0.2) is 24.6 Å². The van der Waals surface area contributed by atoms with Crippen LogP contribution in [0.5, 0.6) is 23.0 Å². The van der Waals surface area contributed by atoms with E-state index >= 15 is 0 Å². The lowest BCUT2D eigenvalue weighted by atomic mass is 10.1. The Balaban J connectivity index is 1.99. The number of hydrogen-bond donors (Lipinski definition) is 1. The van der Waals surface area contributed by atoms with E-state index in [1.54, 1.807) is 18.2 Å². The van der Waals surface area contributed by atoms with Gasteiger partial charge in [0, 0.05) is 6.07 Å². The fourth-order valence-corrected chi connectivity index (χ4v) is 2.76. The van der Waals surface area contributed by atoms with Gasteiger partial charge in [0.1, 0.15) is 11.5 Å². The number of methoxy groups -OCH3 is 1. The van der Waals surface area contributed by atoms with Crippen molar-refractivity contribution in [2.24, 2.45) is 0 Å². The standard InChI is InChI=1S/C18H15ClO5/c1-3-23-16-8-10(6-13(19)18(16)22-2)7-15-17(21)12-5-4-11(20)9-14(12)24-15/h4-9,20H,3H2,1-2H3/b15-7-. The van der Waals surface area contributed by atoms with E-state index in [1.165, 1.54) is 25.3 Å². The van der Waals surface area contributed by atoms with Gasteiger partial charge in [-0.05, 0) is 42.8 Å². The summed E-state index contributed by atoms with van der Waals surface area (Å²) in [6.07, 6.45) is 1.58. The van der Waals surface area contributed by atoms with E-state index in [1.807, 2.05) is 6.92 Å². The summed E-state index contributed by atoms with van der Waals surface area (Å²) < 4.78 is 16.3. The number of carbonyl (C=O) groups is 1. The van der Waals surface area contributed by atoms with Gasteiger partial charge < -0.3 is 19.3 Å². The first-order valence-electron chi connectivity index (χ1n) is 7.31. The Kier molecular flexibility index (Phi) is 4.36. The van der Waals surface area contributed by atoms with Gasteiger partial charge in [0.2, 0.25) is 5.78 Å². The van der Waals surface area contributed by atoms with E-state index in [-0.39, 0.29) is 17.3 Å². The SMILES string of the molecule is CCOc1cc(/C=C2\Oc3cc(O)ccc3C2=O)cc(Cl)c1OC. The fourth-order valence-electron chi connectivity index (χ4n) is 2.46. The summed E-state index contributed by atoms with van der Waals surface area (Å²) in [6.45, 7) is 2.30. The number of benzene rings is 2. The first-order chi connectivity index (χ1) is 11.5. The third-order valence-corrected chi connectivity index (χ3v) is 3.77. The first kappa shape index (κ1) is 16.2. The van der Waals surface area contributed by atoms with Gasteiger partial charge in [-0.2, -0.15) is 0 Å². The minimum Gasteiger partial charge on any atom is -0.508 e. The zero-order chi connectivity index (χ0) is 17.3. The van der Waals surface area contributed by atoms with Gasteiger partial charge in [0.15, 0.2) is 17.3 Å². The number of ether oxygens (including phenoxy) is 3. The van der Waals surface area contributed by atoms with Crippen LogP contribution < -0.4 is 14.2 Å². The predicted octanol–water partition coefficient (Wildman–Crippen LogP) is 4.07. The molecule has 0 aromatic heterocycles. The zero-order valence-electron chi connectivity index (χ0n) is 13.1. The molecule has 1 N–H and O–H groups in total. The lowest BCUT2D eigenvalue weighted by Gasteiger charge is -2.12. The quantitative estimate of drug-likeness (QED) is 0.845. The van der Waals surface area contributed by atoms with Crippen molar-refractivity contribution in [3.8, 4) is 23.0 Å². The number of phenolic OH excluding ortho intramolecular Hbond substituents is 1. The second-order valence-electron chi connectivity index (χ2n) is 5.09. The van der Waals surface area contributed by atoms with Crippen molar-refractivity contribution < 1.29 is 24.1 Å². The van der Waals surface area contributed by atoms with Crippen LogP contribution in [0.2, 0.25) is 5.02 Å². The molecule has 0 spiro atoms. The molecule has 0 unspecified atom stereocenters. The fraction of sp³-hybridized carbons (Fsp3) is 0.167. The second-order valence-corrected chi connectivity index (χ2v) is 5.49. The number of rotatable bonds is 4. The monoisotopic (exact) mass is 346 g/mol. The molecule has 0 aliphatic carbocycles. The largest absolute Gasteiger partial charge is 0.508 e. The molecular formula is C18H15ClO5. The van der Waals surface area contributed by atoms with Crippen molar-refractivity contribution >= 4 is 23.5 Å². The van der Waals surface area contributed by atoms with Crippen LogP contribution in [0.1, 0.15) is 22.8 Å². The van der Waals surface area contributed by atoms with Gasteiger partial charge in [-0.3, -0.25) is 4.79 Å². The molecule has 3 rings (SSSR count). The molecule has 0 saturated heterocycles. The number of ketones is 1. The minimum atomic E-state index is -0.255. The molecule has 0 radical (unpaired) electrons. The van der Waals surface area contributed by atoms with Gasteiger partial charge >= 0.3 is 0 Å². The Labute approximate surface area is 144 Å². The van der Waals surface area contributed by atoms with Crippen molar-refractivity contribution in [2.75, 3.05) is 13.7 Å². The average Bonchev–Trinajstić information content (AvgIpc) is 2.83. The van der Waals surface area contributed by atoms with Crippen LogP contribution in [0, 0.1) is 0 Å². The van der Waals surface area contributed by atoms with Crippen molar-refractivity contribution in [3.05, 3.63) is 52.2 Å². The topological polar surface area (TPSA) is 65.0 Å². The maximum absolute atomic E-state index is 12.4. The Hall–Kier alpha value is -2.66. The molecule has 0 saturated carbocycles. The van der Waals surface area contributed by atoms with E-state index in [2.05, 4.69) is 0 Å². The number of phenols is 1. The van der Waals surface area contributed by atoms with Crippen LogP contribution in [0.15, 0.2) is 36.1 Å². The normalized spacial score (nSPS) is 14.5. The Bertz CT molecular complexity index is 842. The molecule has 0 amide bonds. The Morgan fingerprint density at radius 3 is 2.79 bits per heavy atom. The summed E-state index contributed by atoms with van der Waals surface area (Å²) in [5.74, 6) is 1.19. The zero-order valence-corrected chi connectivity index (χ0v) is 13.9. The summed E-state index contributed by atoms with van der Waals surface area (Å²) >= 11 is 6.21. The average molecular weight is 347 g/mol. The Morgan fingerprint density at radius 2 is 2.08 bits per heavy atom. The van der Waals surface area contributed by atoms with Crippen LogP contribution in [-0.2, 0) is 0 Å². The number of halogens is 1. The molecule has 2 aromatic rings. The molecule has 124 valence electrons. The van der Waals surface area contributed by atoms with Crippen LogP contribution in [0.4, 0.5) is 0 Å². The molecule has 1 aliphatic rings. The summed E-state index contributed by atoms with van der Waals surface area (Å²) in [7, 11) is 1.51. The molecule has 1 aliphatic heterocycles. The molecule has 0 bridgehead atoms. The molecule has 24 heavy (non-hydrogen) atoms. The smallest absolute Gasteiger partial charge is 0.231 e. The van der Waals surface area contributed by atoms with E-state index in [0.29, 0.717) is 40.0 Å². The summed E-state index contributed by atoms with van der Waals surface area (Å²) in [5, 5.41) is 9.86. The molecule has 0 atom stereocenters. The van der Waals surface area contributed by atoms with Crippen LogP contribution in [0.25, 0.3) is 6.08 Å². The summed E-state index contributed by atoms with van der Waals surface area (Å²) in [6, 6.07) is 7.76. The molecule has 1 heterocycles. The van der Waals surface area contributed by atoms with E-state index in [9.17, 15) is 9.90 Å². The van der Waals surface area contributed by atoms with Crippen molar-refractivity contribution in [1.29, 1.82) is 0 Å². The van der Waals surface area contributed by atoms with Gasteiger partial charge in [-0.25, -0.2) is 0 Å². The van der Waals surface area contributed by atoms with Crippen LogP contribution in [0.3, 0.4) is 0 Å². The number of fused-ring (bicyclic) bond motifs is 1. The molecule has 2 aromatic carbocycles. The minimum absolute atomic E-state index is 0.0360. The molecule has 6 heteroatoms. The highest BCUT2D eigenvalue weighted by Crippen LogP contribution is 2.38. The third-order valence-electron chi connectivity index (χ3n) is 3.49. The molecular weight excluding hydrogens is 332 g/mol. The van der Waals surface area contributed by atoms with Crippen LogP contribution >= 0.6 is 11.6 Å². The van der Waals surface area contributed by atoms with Gasteiger partial charge in [-0.1, -0.05) is 11.6 Å². The number of hydrogen-bond acceptors (Lipinski definition) is 5. The third kappa shape index (κ3) is 2.90. The highest BCUT2D eigenvalue weighted by Gasteiger charge is 2.27. The number of allylic oxidation sites excluding steroid dienone is 1. The first-order valence-corrected chi connectivity index (χ1v) is 7.69. The summed E-state index contributed by atoms with van der Waals surface area (Å²) in [4.78, 5) is 12.4. The maximum Gasteiger partial charge on any atom is 0.231 e. The van der Waals surface area contributed by atoms with E-state index in [0.717, 1.165) is 0 Å². The van der Waals surface area contributed by atoms with E-state index in [4.69, 9.17) is 25.8 Å². The second kappa shape index (κ2) is 6.45. The lowest BCUT2D eigenvalue weighted by Crippen LogP contribution is -1.99. The highest BCUT2D eigenvalue weighted by molar-refractivity contribution is 6.32. The van der Waals surface area contributed by atoms with Crippen molar-refractivity contribution in [2.45, 2.75) is 6.92 Å². The lowest BCUT2D eigenvalue weighted by molar-refractivity contribution is 0.101. The summed E-state index contributed by atoms with van der Waals surface area (Å²) in [5.41, 5.74) is 1.05. The molecule has 5 nitrogen and oxygen atoms in total. The number of carbonyl (C=O) groups excluding carboxylic acids is 1. The van der Waals surface area contributed by atoms with Crippen molar-refractivity contribution in [1.82, 2.24) is 0 Å².